The maximum Gasteiger partial charge on any atom is 0.292 e. The molecule has 0 amide bonds. The fourth-order valence-electron chi connectivity index (χ4n) is 0.661. The molecule has 0 aromatic heterocycles. The molecule has 0 saturated carbocycles. The third-order valence-corrected chi connectivity index (χ3v) is 1.09. The van der Waals surface area contributed by atoms with Crippen LogP contribution in [0.3, 0.4) is 0 Å². The van der Waals surface area contributed by atoms with Crippen molar-refractivity contribution in [3.05, 3.63) is 24.3 Å². The third kappa shape index (κ3) is 1.65. The van der Waals surface area contributed by atoms with Crippen LogP contribution in [0.1, 0.15) is 0 Å². The van der Waals surface area contributed by atoms with Crippen LogP contribution in [0.15, 0.2) is 18.2 Å². The van der Waals surface area contributed by atoms with Crippen molar-refractivity contribution in [1.82, 2.24) is 0 Å². The summed E-state index contributed by atoms with van der Waals surface area (Å²) in [6.07, 6.45) is 2.94. The van der Waals surface area contributed by atoms with E-state index in [0.29, 0.717) is 0 Å². The summed E-state index contributed by atoms with van der Waals surface area (Å²) in [6.45, 7) is 0. The molecule has 0 aliphatic rings. The Morgan fingerprint density at radius 3 is 2.67 bits per heavy atom. The van der Waals surface area contributed by atoms with Crippen LogP contribution in [0.4, 0.5) is 0 Å². The van der Waals surface area contributed by atoms with Crippen LogP contribution in [-0.4, -0.2) is 0 Å². The lowest BCUT2D eigenvalue weighted by molar-refractivity contribution is 0.440. The van der Waals surface area contributed by atoms with Gasteiger partial charge in [0.25, 0.3) is 12.5 Å². The highest BCUT2D eigenvalue weighted by molar-refractivity contribution is 5.39. The molecule has 0 atom stereocenters. The van der Waals surface area contributed by atoms with Crippen molar-refractivity contribution in [2.75, 3.05) is 0 Å². The Morgan fingerprint density at radius 2 is 2.00 bits per heavy atom. The molecule has 4 heteroatoms. The molecule has 0 bridgehead atoms. The highest BCUT2D eigenvalue weighted by Crippen LogP contribution is 2.24. The smallest absolute Gasteiger partial charge is 0.292 e. The molecule has 0 spiro atoms. The fraction of sp³-hybridized carbons (Fsp3) is 0. The summed E-state index contributed by atoms with van der Waals surface area (Å²) in [5.74, 6) is 0.295. The number of para-hydroxylation sites is 1. The second-order valence-electron chi connectivity index (χ2n) is 1.75. The molecule has 0 saturated heterocycles. The van der Waals surface area contributed by atoms with Gasteiger partial charge in [0, 0.05) is 6.07 Å². The number of nitriles is 2. The van der Waals surface area contributed by atoms with Crippen LogP contribution >= 0.6 is 0 Å². The number of hydrogen-bond acceptors (Lipinski definition) is 4. The van der Waals surface area contributed by atoms with E-state index in [1.165, 1.54) is 18.6 Å². The highest BCUT2D eigenvalue weighted by Gasteiger charge is 2.03. The predicted octanol–water partition coefficient (Wildman–Crippen LogP) is 1.21. The van der Waals surface area contributed by atoms with Gasteiger partial charge in [0.05, 0.1) is 0 Å². The van der Waals surface area contributed by atoms with Gasteiger partial charge in [-0.05, 0) is 6.07 Å². The standard InChI is InChI=1S/C8H3N2O2/c9-5-11-7-3-1-2-4-8(7)12-6-10/h1-3H. The Bertz CT molecular complexity index is 314. The van der Waals surface area contributed by atoms with Gasteiger partial charge in [-0.25, -0.2) is 0 Å². The molecule has 1 aromatic carbocycles. The molecule has 1 rings (SSSR count). The summed E-state index contributed by atoms with van der Waals surface area (Å²) in [5, 5.41) is 16.4. The Labute approximate surface area is 69.2 Å². The first-order chi connectivity index (χ1) is 5.88. The van der Waals surface area contributed by atoms with Gasteiger partial charge < -0.3 is 9.47 Å². The minimum atomic E-state index is 0.113. The molecule has 0 fully saturated rings. The van der Waals surface area contributed by atoms with Crippen molar-refractivity contribution < 1.29 is 9.47 Å². The van der Waals surface area contributed by atoms with Gasteiger partial charge in [0.1, 0.15) is 0 Å². The van der Waals surface area contributed by atoms with Crippen LogP contribution in [-0.2, 0) is 0 Å². The van der Waals surface area contributed by atoms with E-state index in [9.17, 15) is 0 Å². The van der Waals surface area contributed by atoms with Gasteiger partial charge >= 0.3 is 0 Å². The van der Waals surface area contributed by atoms with E-state index in [-0.39, 0.29) is 11.5 Å². The van der Waals surface area contributed by atoms with E-state index in [4.69, 9.17) is 10.5 Å². The van der Waals surface area contributed by atoms with Crippen molar-refractivity contribution >= 4 is 0 Å². The van der Waals surface area contributed by atoms with Crippen LogP contribution < -0.4 is 9.47 Å². The zero-order chi connectivity index (χ0) is 8.81. The first kappa shape index (κ1) is 7.90. The number of nitrogens with zero attached hydrogens (tertiary/aromatic N) is 2. The van der Waals surface area contributed by atoms with Gasteiger partial charge in [-0.1, -0.05) is 12.1 Å². The molecule has 0 N–H and O–H groups in total. The van der Waals surface area contributed by atoms with Crippen molar-refractivity contribution in [3.63, 3.8) is 0 Å². The molecular weight excluding hydrogens is 156 g/mol. The predicted molar refractivity (Wildman–Crippen MR) is 37.8 cm³/mol. The second kappa shape index (κ2) is 3.85. The Morgan fingerprint density at radius 1 is 1.25 bits per heavy atom. The molecule has 0 unspecified atom stereocenters. The molecule has 1 aromatic rings. The quantitative estimate of drug-likeness (QED) is 0.608. The lowest BCUT2D eigenvalue weighted by Gasteiger charge is -1.99. The summed E-state index contributed by atoms with van der Waals surface area (Å²) in [5.41, 5.74) is 0. The van der Waals surface area contributed by atoms with Gasteiger partial charge in [-0.3, -0.25) is 0 Å². The van der Waals surface area contributed by atoms with Crippen LogP contribution in [0.2, 0.25) is 0 Å². The van der Waals surface area contributed by atoms with E-state index in [2.05, 4.69) is 15.5 Å². The number of benzene rings is 1. The minimum Gasteiger partial charge on any atom is -0.384 e. The topological polar surface area (TPSA) is 66.0 Å². The highest BCUT2D eigenvalue weighted by atomic mass is 16.5. The average Bonchev–Trinajstić information content (AvgIpc) is 2.09. The van der Waals surface area contributed by atoms with E-state index in [1.807, 2.05) is 0 Å². The Kier molecular flexibility index (Phi) is 2.53. The maximum absolute atomic E-state index is 8.19. The van der Waals surface area contributed by atoms with Gasteiger partial charge in [-0.2, -0.15) is 0 Å². The zero-order valence-electron chi connectivity index (χ0n) is 5.94. The fourth-order valence-corrected chi connectivity index (χ4v) is 0.661. The van der Waals surface area contributed by atoms with Crippen molar-refractivity contribution in [1.29, 1.82) is 10.5 Å². The van der Waals surface area contributed by atoms with Crippen LogP contribution in [0, 0.1) is 29.1 Å². The number of rotatable bonds is 2. The molecular formula is C8H3N2O2. The van der Waals surface area contributed by atoms with Crippen LogP contribution in [0.25, 0.3) is 0 Å². The lowest BCUT2D eigenvalue weighted by atomic mass is 10.3. The summed E-state index contributed by atoms with van der Waals surface area (Å²) in [4.78, 5) is 0. The number of ether oxygens (including phenoxy) is 2. The van der Waals surface area contributed by atoms with Crippen LogP contribution in [0.5, 0.6) is 11.5 Å². The molecule has 0 heterocycles. The van der Waals surface area contributed by atoms with E-state index < -0.39 is 0 Å². The first-order valence-electron chi connectivity index (χ1n) is 3.01. The average molecular weight is 159 g/mol. The maximum atomic E-state index is 8.19. The van der Waals surface area contributed by atoms with Crippen molar-refractivity contribution in [3.8, 4) is 24.0 Å². The van der Waals surface area contributed by atoms with Gasteiger partial charge in [0.2, 0.25) is 0 Å². The number of hydrogen-bond donors (Lipinski definition) is 0. The van der Waals surface area contributed by atoms with Gasteiger partial charge in [-0.15, -0.1) is 10.5 Å². The second-order valence-corrected chi connectivity index (χ2v) is 1.75. The Hall–Kier alpha value is -2.20. The zero-order valence-corrected chi connectivity index (χ0v) is 5.94. The van der Waals surface area contributed by atoms with Gasteiger partial charge in [0.15, 0.2) is 11.5 Å². The normalized spacial score (nSPS) is 7.83. The summed E-state index contributed by atoms with van der Waals surface area (Å²) >= 11 is 0. The minimum absolute atomic E-state index is 0.113. The van der Waals surface area contributed by atoms with Crippen molar-refractivity contribution in [2.24, 2.45) is 0 Å². The molecule has 4 nitrogen and oxygen atoms in total. The lowest BCUT2D eigenvalue weighted by Crippen LogP contribution is -1.88. The SMILES string of the molecule is N#COc1[c]cccc1OC#N. The van der Waals surface area contributed by atoms with E-state index in [0.717, 1.165) is 0 Å². The first-order valence-corrected chi connectivity index (χ1v) is 3.01. The largest absolute Gasteiger partial charge is 0.384 e. The third-order valence-electron chi connectivity index (χ3n) is 1.09. The summed E-state index contributed by atoms with van der Waals surface area (Å²) in [7, 11) is 0. The molecule has 0 aliphatic heterocycles. The summed E-state index contributed by atoms with van der Waals surface area (Å²) < 4.78 is 8.95. The molecule has 0 aliphatic carbocycles. The Balaban J connectivity index is 2.95. The van der Waals surface area contributed by atoms with Crippen molar-refractivity contribution in [2.45, 2.75) is 0 Å². The van der Waals surface area contributed by atoms with E-state index >= 15 is 0 Å². The molecule has 1 radical (unpaired) electrons. The monoisotopic (exact) mass is 159 g/mol. The van der Waals surface area contributed by atoms with E-state index in [1.54, 1.807) is 12.1 Å². The molecule has 12 heavy (non-hydrogen) atoms. The molecule has 57 valence electrons. The summed E-state index contributed by atoms with van der Waals surface area (Å²) in [6, 6.07) is 7.28.